The number of rotatable bonds is 7. The van der Waals surface area contributed by atoms with E-state index < -0.39 is 0 Å². The van der Waals surface area contributed by atoms with Crippen LogP contribution in [0.5, 0.6) is 0 Å². The predicted molar refractivity (Wildman–Crippen MR) is 96.1 cm³/mol. The van der Waals surface area contributed by atoms with Crippen molar-refractivity contribution in [1.82, 2.24) is 20.1 Å². The zero-order valence-electron chi connectivity index (χ0n) is 14.0. The Balaban J connectivity index is 1.59. The molecule has 0 spiro atoms. The third kappa shape index (κ3) is 4.29. The molecule has 1 atom stereocenters. The average Bonchev–Trinajstić information content (AvgIpc) is 3.33. The fourth-order valence-corrected chi connectivity index (χ4v) is 3.34. The molecule has 24 heavy (non-hydrogen) atoms. The van der Waals surface area contributed by atoms with E-state index in [4.69, 9.17) is 0 Å². The number of hydrogen-bond donors (Lipinski definition) is 2. The standard InChI is InChI=1S/C17H23N5OS/c1-3-10-24-14-8-6-13(7-9-14)20-17(23)21-15(12-4-5-12)16-18-11-19-22(16)2/h6-9,11-12,15H,3-5,10H2,1-2H3,(H2,20,21,23)/t15-/m0/s1. The highest BCUT2D eigenvalue weighted by Gasteiger charge is 2.36. The average molecular weight is 345 g/mol. The van der Waals surface area contributed by atoms with Crippen LogP contribution < -0.4 is 10.6 Å². The Morgan fingerprint density at radius 1 is 1.38 bits per heavy atom. The number of nitrogens with zero attached hydrogens (tertiary/aromatic N) is 3. The van der Waals surface area contributed by atoms with E-state index in [2.05, 4.69) is 27.6 Å². The van der Waals surface area contributed by atoms with Gasteiger partial charge >= 0.3 is 6.03 Å². The molecule has 1 heterocycles. The monoisotopic (exact) mass is 345 g/mol. The van der Waals surface area contributed by atoms with Crippen LogP contribution in [0.1, 0.15) is 38.1 Å². The number of amides is 2. The molecule has 1 aliphatic carbocycles. The van der Waals surface area contributed by atoms with E-state index in [0.29, 0.717) is 5.92 Å². The largest absolute Gasteiger partial charge is 0.328 e. The Hall–Kier alpha value is -2.02. The lowest BCUT2D eigenvalue weighted by Crippen LogP contribution is -2.35. The molecule has 1 aliphatic rings. The lowest BCUT2D eigenvalue weighted by atomic mass is 10.2. The van der Waals surface area contributed by atoms with Crippen LogP contribution in [0.3, 0.4) is 0 Å². The lowest BCUT2D eigenvalue weighted by Gasteiger charge is -2.18. The third-order valence-corrected chi connectivity index (χ3v) is 5.21. The van der Waals surface area contributed by atoms with Crippen molar-refractivity contribution in [3.05, 3.63) is 36.4 Å². The van der Waals surface area contributed by atoms with E-state index in [-0.39, 0.29) is 12.1 Å². The number of aryl methyl sites for hydroxylation is 1. The molecule has 0 saturated heterocycles. The molecule has 1 aromatic carbocycles. The van der Waals surface area contributed by atoms with Crippen LogP contribution in [0.2, 0.25) is 0 Å². The molecular weight excluding hydrogens is 322 g/mol. The maximum Gasteiger partial charge on any atom is 0.319 e. The van der Waals surface area contributed by atoms with Crippen LogP contribution in [-0.2, 0) is 7.05 Å². The summed E-state index contributed by atoms with van der Waals surface area (Å²) in [6.07, 6.45) is 4.90. The predicted octanol–water partition coefficient (Wildman–Crippen LogP) is 3.59. The van der Waals surface area contributed by atoms with Gasteiger partial charge in [-0.25, -0.2) is 9.78 Å². The second-order valence-corrected chi connectivity index (χ2v) is 7.20. The Morgan fingerprint density at radius 2 is 2.12 bits per heavy atom. The molecule has 0 bridgehead atoms. The fraction of sp³-hybridized carbons (Fsp3) is 0.471. The van der Waals surface area contributed by atoms with E-state index in [9.17, 15) is 4.79 Å². The van der Waals surface area contributed by atoms with Crippen molar-refractivity contribution in [2.24, 2.45) is 13.0 Å². The summed E-state index contributed by atoms with van der Waals surface area (Å²) in [5, 5.41) is 10.0. The summed E-state index contributed by atoms with van der Waals surface area (Å²) >= 11 is 1.82. The first-order valence-electron chi connectivity index (χ1n) is 8.31. The summed E-state index contributed by atoms with van der Waals surface area (Å²) in [6, 6.07) is 7.66. The maximum absolute atomic E-state index is 12.3. The summed E-state index contributed by atoms with van der Waals surface area (Å²) in [6.45, 7) is 2.17. The molecule has 2 amide bonds. The van der Waals surface area contributed by atoms with Crippen molar-refractivity contribution >= 4 is 23.5 Å². The minimum Gasteiger partial charge on any atom is -0.328 e. The lowest BCUT2D eigenvalue weighted by molar-refractivity contribution is 0.246. The van der Waals surface area contributed by atoms with Crippen LogP contribution in [0, 0.1) is 5.92 Å². The van der Waals surface area contributed by atoms with E-state index in [0.717, 1.165) is 36.5 Å². The van der Waals surface area contributed by atoms with Crippen LogP contribution >= 0.6 is 11.8 Å². The Kier molecular flexibility index (Phi) is 5.40. The summed E-state index contributed by atoms with van der Waals surface area (Å²) < 4.78 is 1.73. The highest BCUT2D eigenvalue weighted by atomic mass is 32.2. The zero-order valence-corrected chi connectivity index (χ0v) is 14.8. The Bertz CT molecular complexity index is 681. The van der Waals surface area contributed by atoms with Crippen LogP contribution in [0.4, 0.5) is 10.5 Å². The van der Waals surface area contributed by atoms with Gasteiger partial charge in [-0.1, -0.05) is 6.92 Å². The molecule has 128 valence electrons. The van der Waals surface area contributed by atoms with Gasteiger partial charge in [0.15, 0.2) is 0 Å². The molecule has 7 heteroatoms. The van der Waals surface area contributed by atoms with Gasteiger partial charge in [0, 0.05) is 17.6 Å². The quantitative estimate of drug-likeness (QED) is 0.752. The van der Waals surface area contributed by atoms with Gasteiger partial charge in [-0.3, -0.25) is 4.68 Å². The number of hydrogen-bond acceptors (Lipinski definition) is 4. The molecular formula is C17H23N5OS. The fourth-order valence-electron chi connectivity index (χ4n) is 2.57. The van der Waals surface area contributed by atoms with E-state index in [1.807, 2.05) is 43.1 Å². The van der Waals surface area contributed by atoms with Gasteiger partial charge < -0.3 is 10.6 Å². The number of urea groups is 1. The molecule has 0 unspecified atom stereocenters. The first kappa shape index (κ1) is 16.8. The smallest absolute Gasteiger partial charge is 0.319 e. The molecule has 0 radical (unpaired) electrons. The molecule has 3 rings (SSSR count). The molecule has 0 aliphatic heterocycles. The minimum atomic E-state index is -0.205. The zero-order chi connectivity index (χ0) is 16.9. The Morgan fingerprint density at radius 3 is 2.71 bits per heavy atom. The molecule has 6 nitrogen and oxygen atoms in total. The molecule has 1 saturated carbocycles. The van der Waals surface area contributed by atoms with E-state index in [1.54, 1.807) is 4.68 Å². The summed E-state index contributed by atoms with van der Waals surface area (Å²) in [5.41, 5.74) is 0.792. The first-order valence-corrected chi connectivity index (χ1v) is 9.30. The van der Waals surface area contributed by atoms with Crippen molar-refractivity contribution in [3.63, 3.8) is 0 Å². The van der Waals surface area contributed by atoms with E-state index >= 15 is 0 Å². The third-order valence-electron chi connectivity index (χ3n) is 3.99. The molecule has 1 fully saturated rings. The van der Waals surface area contributed by atoms with Gasteiger partial charge in [-0.2, -0.15) is 5.10 Å². The van der Waals surface area contributed by atoms with Gasteiger partial charge in [-0.15, -0.1) is 11.8 Å². The van der Waals surface area contributed by atoms with Gasteiger partial charge in [-0.05, 0) is 55.2 Å². The van der Waals surface area contributed by atoms with Crippen LogP contribution in [0.15, 0.2) is 35.5 Å². The first-order chi connectivity index (χ1) is 11.7. The normalized spacial score (nSPS) is 15.1. The van der Waals surface area contributed by atoms with E-state index in [1.165, 1.54) is 11.2 Å². The van der Waals surface area contributed by atoms with Gasteiger partial charge in [0.25, 0.3) is 0 Å². The molecule has 1 aromatic heterocycles. The van der Waals surface area contributed by atoms with Crippen LogP contribution in [0.25, 0.3) is 0 Å². The number of carbonyl (C=O) groups is 1. The summed E-state index contributed by atoms with van der Waals surface area (Å²) in [5.74, 6) is 2.36. The number of benzene rings is 1. The minimum absolute atomic E-state index is 0.0862. The summed E-state index contributed by atoms with van der Waals surface area (Å²) in [7, 11) is 1.85. The van der Waals surface area contributed by atoms with Crippen molar-refractivity contribution in [2.75, 3.05) is 11.1 Å². The van der Waals surface area contributed by atoms with Crippen molar-refractivity contribution in [2.45, 2.75) is 37.1 Å². The number of aromatic nitrogens is 3. The second-order valence-electron chi connectivity index (χ2n) is 6.03. The molecule has 2 N–H and O–H groups in total. The summed E-state index contributed by atoms with van der Waals surface area (Å²) in [4.78, 5) is 17.8. The van der Waals surface area contributed by atoms with Crippen molar-refractivity contribution < 1.29 is 4.79 Å². The topological polar surface area (TPSA) is 71.8 Å². The number of anilines is 1. The van der Waals surface area contributed by atoms with Crippen LogP contribution in [-0.4, -0.2) is 26.5 Å². The molecule has 2 aromatic rings. The SMILES string of the molecule is CCCSc1ccc(NC(=O)N[C@H](c2ncnn2C)C2CC2)cc1. The number of thioether (sulfide) groups is 1. The highest BCUT2D eigenvalue weighted by Crippen LogP contribution is 2.40. The maximum atomic E-state index is 12.3. The van der Waals surface area contributed by atoms with Gasteiger partial charge in [0.05, 0.1) is 6.04 Å². The number of carbonyl (C=O) groups excluding carboxylic acids is 1. The number of nitrogens with one attached hydrogen (secondary N) is 2. The highest BCUT2D eigenvalue weighted by molar-refractivity contribution is 7.99. The van der Waals surface area contributed by atoms with Gasteiger partial charge in [0.2, 0.25) is 0 Å². The Labute approximate surface area is 146 Å². The second kappa shape index (κ2) is 7.70. The van der Waals surface area contributed by atoms with Crippen molar-refractivity contribution in [3.8, 4) is 0 Å². The van der Waals surface area contributed by atoms with Crippen molar-refractivity contribution in [1.29, 1.82) is 0 Å². The van der Waals surface area contributed by atoms with Gasteiger partial charge in [0.1, 0.15) is 12.2 Å².